The van der Waals surface area contributed by atoms with Crippen molar-refractivity contribution >= 4 is 10.2 Å². The molecule has 1 atom stereocenters. The molecular formula is C16H20F3N3O2S. The molecule has 1 fully saturated rings. The van der Waals surface area contributed by atoms with Crippen LogP contribution in [-0.2, 0) is 16.4 Å². The van der Waals surface area contributed by atoms with E-state index in [0.29, 0.717) is 31.7 Å². The minimum Gasteiger partial charge on any atom is -0.287 e. The number of hydrogen-bond acceptors (Lipinski definition) is 3. The van der Waals surface area contributed by atoms with Crippen LogP contribution >= 0.6 is 0 Å². The molecule has 0 radical (unpaired) electrons. The third kappa shape index (κ3) is 5.44. The van der Waals surface area contributed by atoms with Crippen molar-refractivity contribution in [2.24, 2.45) is 5.14 Å². The minimum atomic E-state index is -4.36. The Labute approximate surface area is 145 Å². The van der Waals surface area contributed by atoms with Gasteiger partial charge in [-0.25, -0.2) is 5.14 Å². The lowest BCUT2D eigenvalue weighted by Gasteiger charge is -2.35. The molecule has 0 bridgehead atoms. The Kier molecular flexibility index (Phi) is 6.11. The standard InChI is InChI=1S/C16H20F3N3O2S/c1-2-15(21-9-11-22(12-10-21)25(20,23)24)8-5-13-3-6-14(7-4-13)16(17,18)19/h3-4,6-7,15H,2,9-12H2,1H3,(H2,20,23,24)/t15-/m1/s1. The van der Waals surface area contributed by atoms with Crippen LogP contribution in [-0.4, -0.2) is 49.8 Å². The molecule has 0 unspecified atom stereocenters. The van der Waals surface area contributed by atoms with Gasteiger partial charge in [-0.05, 0) is 30.7 Å². The van der Waals surface area contributed by atoms with Crippen LogP contribution in [0.15, 0.2) is 24.3 Å². The van der Waals surface area contributed by atoms with Crippen molar-refractivity contribution in [3.8, 4) is 11.8 Å². The smallest absolute Gasteiger partial charge is 0.287 e. The number of nitrogens with zero attached hydrogens (tertiary/aromatic N) is 2. The van der Waals surface area contributed by atoms with Crippen molar-refractivity contribution in [1.29, 1.82) is 0 Å². The first-order valence-electron chi connectivity index (χ1n) is 7.82. The number of nitrogens with two attached hydrogens (primary N) is 1. The SMILES string of the molecule is CC[C@H](C#Cc1ccc(C(F)(F)F)cc1)N1CCN(S(N)(=O)=O)CC1. The zero-order chi connectivity index (χ0) is 18.7. The molecular weight excluding hydrogens is 355 g/mol. The molecule has 0 aromatic heterocycles. The van der Waals surface area contributed by atoms with Gasteiger partial charge in [0.25, 0.3) is 10.2 Å². The lowest BCUT2D eigenvalue weighted by molar-refractivity contribution is -0.137. The molecule has 0 aliphatic carbocycles. The first kappa shape index (κ1) is 19.7. The highest BCUT2D eigenvalue weighted by Gasteiger charge is 2.30. The summed E-state index contributed by atoms with van der Waals surface area (Å²) in [5.41, 5.74) is -0.196. The average Bonchev–Trinajstić information content (AvgIpc) is 2.55. The van der Waals surface area contributed by atoms with Gasteiger partial charge >= 0.3 is 6.18 Å². The van der Waals surface area contributed by atoms with Gasteiger partial charge in [-0.3, -0.25) is 4.90 Å². The van der Waals surface area contributed by atoms with Crippen LogP contribution in [0.4, 0.5) is 13.2 Å². The van der Waals surface area contributed by atoms with Crippen molar-refractivity contribution in [3.63, 3.8) is 0 Å². The summed E-state index contributed by atoms with van der Waals surface area (Å²) in [5.74, 6) is 5.96. The number of alkyl halides is 3. The summed E-state index contributed by atoms with van der Waals surface area (Å²) in [5, 5.41) is 5.11. The fraction of sp³-hybridized carbons (Fsp3) is 0.500. The molecule has 0 saturated carbocycles. The molecule has 0 amide bonds. The molecule has 1 aliphatic rings. The number of benzene rings is 1. The summed E-state index contributed by atoms with van der Waals surface area (Å²) in [6, 6.07) is 4.62. The summed E-state index contributed by atoms with van der Waals surface area (Å²) in [6.07, 6.45) is -3.63. The van der Waals surface area contributed by atoms with E-state index >= 15 is 0 Å². The summed E-state index contributed by atoms with van der Waals surface area (Å²) in [4.78, 5) is 2.05. The molecule has 1 aromatic carbocycles. The Morgan fingerprint density at radius 3 is 2.16 bits per heavy atom. The topological polar surface area (TPSA) is 66.6 Å². The Balaban J connectivity index is 2.03. The van der Waals surface area contributed by atoms with E-state index in [0.717, 1.165) is 18.6 Å². The van der Waals surface area contributed by atoms with E-state index < -0.39 is 21.9 Å². The number of rotatable bonds is 3. The van der Waals surface area contributed by atoms with Gasteiger partial charge < -0.3 is 0 Å². The van der Waals surface area contributed by atoms with Crippen LogP contribution in [0.5, 0.6) is 0 Å². The van der Waals surface area contributed by atoms with Gasteiger partial charge in [0.05, 0.1) is 11.6 Å². The molecule has 25 heavy (non-hydrogen) atoms. The number of piperazine rings is 1. The Morgan fingerprint density at radius 1 is 1.16 bits per heavy atom. The third-order valence-corrected chi connectivity index (χ3v) is 5.14. The Bertz CT molecular complexity index is 744. The van der Waals surface area contributed by atoms with E-state index in [2.05, 4.69) is 16.7 Å². The van der Waals surface area contributed by atoms with E-state index in [9.17, 15) is 21.6 Å². The van der Waals surface area contributed by atoms with Crippen LogP contribution in [0.25, 0.3) is 0 Å². The molecule has 138 valence electrons. The second-order valence-corrected chi connectivity index (χ2v) is 7.29. The van der Waals surface area contributed by atoms with Crippen LogP contribution in [0.2, 0.25) is 0 Å². The molecule has 9 heteroatoms. The number of hydrogen-bond donors (Lipinski definition) is 1. The third-order valence-electron chi connectivity index (χ3n) is 4.06. The van der Waals surface area contributed by atoms with Gasteiger partial charge in [-0.1, -0.05) is 18.8 Å². The quantitative estimate of drug-likeness (QED) is 0.817. The van der Waals surface area contributed by atoms with Gasteiger partial charge in [0, 0.05) is 31.7 Å². The maximum absolute atomic E-state index is 12.5. The van der Waals surface area contributed by atoms with E-state index in [1.165, 1.54) is 16.4 Å². The summed E-state index contributed by atoms with van der Waals surface area (Å²) < 4.78 is 61.5. The second kappa shape index (κ2) is 7.74. The van der Waals surface area contributed by atoms with Crippen molar-refractivity contribution < 1.29 is 21.6 Å². The molecule has 2 N–H and O–H groups in total. The van der Waals surface area contributed by atoms with E-state index in [1.807, 2.05) is 6.92 Å². The zero-order valence-electron chi connectivity index (χ0n) is 13.8. The van der Waals surface area contributed by atoms with E-state index in [-0.39, 0.29) is 6.04 Å². The van der Waals surface area contributed by atoms with Gasteiger partial charge in [0.2, 0.25) is 0 Å². The van der Waals surface area contributed by atoms with Crippen LogP contribution in [0, 0.1) is 11.8 Å². The van der Waals surface area contributed by atoms with Gasteiger partial charge in [0.1, 0.15) is 0 Å². The maximum atomic E-state index is 12.5. The van der Waals surface area contributed by atoms with Crippen LogP contribution in [0.1, 0.15) is 24.5 Å². The molecule has 0 spiro atoms. The lowest BCUT2D eigenvalue weighted by atomic mass is 10.1. The molecule has 1 saturated heterocycles. The van der Waals surface area contributed by atoms with E-state index in [1.54, 1.807) is 0 Å². The van der Waals surface area contributed by atoms with Crippen molar-refractivity contribution in [2.75, 3.05) is 26.2 Å². The fourth-order valence-electron chi connectivity index (χ4n) is 2.63. The van der Waals surface area contributed by atoms with Crippen molar-refractivity contribution in [1.82, 2.24) is 9.21 Å². The van der Waals surface area contributed by atoms with Crippen LogP contribution < -0.4 is 5.14 Å². The molecule has 1 heterocycles. The summed E-state index contributed by atoms with van der Waals surface area (Å²) >= 11 is 0. The van der Waals surface area contributed by atoms with Crippen molar-refractivity contribution in [2.45, 2.75) is 25.6 Å². The first-order valence-corrected chi connectivity index (χ1v) is 9.32. The zero-order valence-corrected chi connectivity index (χ0v) is 14.6. The molecule has 2 rings (SSSR count). The van der Waals surface area contributed by atoms with Crippen molar-refractivity contribution in [3.05, 3.63) is 35.4 Å². The highest BCUT2D eigenvalue weighted by molar-refractivity contribution is 7.86. The van der Waals surface area contributed by atoms with Crippen LogP contribution in [0.3, 0.4) is 0 Å². The molecule has 1 aromatic rings. The van der Waals surface area contributed by atoms with Gasteiger partial charge in [-0.15, -0.1) is 0 Å². The maximum Gasteiger partial charge on any atom is 0.416 e. The average molecular weight is 375 g/mol. The predicted octanol–water partition coefficient (Wildman–Crippen LogP) is 1.66. The lowest BCUT2D eigenvalue weighted by Crippen LogP contribution is -2.53. The molecule has 1 aliphatic heterocycles. The monoisotopic (exact) mass is 375 g/mol. The largest absolute Gasteiger partial charge is 0.416 e. The van der Waals surface area contributed by atoms with E-state index in [4.69, 9.17) is 5.14 Å². The molecule has 5 nitrogen and oxygen atoms in total. The highest BCUT2D eigenvalue weighted by Crippen LogP contribution is 2.28. The minimum absolute atomic E-state index is 0.0927. The first-order chi connectivity index (χ1) is 11.6. The highest BCUT2D eigenvalue weighted by atomic mass is 32.2. The second-order valence-electron chi connectivity index (χ2n) is 5.75. The van der Waals surface area contributed by atoms with Gasteiger partial charge in [0.15, 0.2) is 0 Å². The predicted molar refractivity (Wildman–Crippen MR) is 88.7 cm³/mol. The fourth-order valence-corrected chi connectivity index (χ4v) is 3.30. The normalized spacial score (nSPS) is 18.4. The Hall–Kier alpha value is -1.60. The Morgan fingerprint density at radius 2 is 1.72 bits per heavy atom. The van der Waals surface area contributed by atoms with Gasteiger partial charge in [-0.2, -0.15) is 25.9 Å². The number of halogens is 3. The summed E-state index contributed by atoms with van der Waals surface area (Å²) in [7, 11) is -3.67. The summed E-state index contributed by atoms with van der Waals surface area (Å²) in [6.45, 7) is 3.58.